The molecular formula is C15H12N4O2. The van der Waals surface area contributed by atoms with Gasteiger partial charge in [0.15, 0.2) is 0 Å². The van der Waals surface area contributed by atoms with E-state index in [9.17, 15) is 4.79 Å². The zero-order chi connectivity index (χ0) is 14.7. The maximum absolute atomic E-state index is 10.7. The Morgan fingerprint density at radius 1 is 1.14 bits per heavy atom. The lowest BCUT2D eigenvalue weighted by Crippen LogP contribution is -2.04. The van der Waals surface area contributed by atoms with Crippen LogP contribution in [0, 0.1) is 0 Å². The number of carbonyl (C=O) groups is 1. The van der Waals surface area contributed by atoms with Crippen molar-refractivity contribution in [2.24, 2.45) is 0 Å². The van der Waals surface area contributed by atoms with Crippen LogP contribution in [-0.4, -0.2) is 26.3 Å². The van der Waals surface area contributed by atoms with E-state index >= 15 is 0 Å². The number of pyridine rings is 1. The summed E-state index contributed by atoms with van der Waals surface area (Å²) in [5, 5.41) is 21.1. The second-order valence-electron chi connectivity index (χ2n) is 4.49. The zero-order valence-corrected chi connectivity index (χ0v) is 11.0. The first-order chi connectivity index (χ1) is 10.2. The van der Waals surface area contributed by atoms with Gasteiger partial charge in [-0.15, -0.1) is 0 Å². The van der Waals surface area contributed by atoms with Crippen molar-refractivity contribution in [1.82, 2.24) is 15.2 Å². The Morgan fingerprint density at radius 2 is 2.00 bits per heavy atom. The van der Waals surface area contributed by atoms with Crippen LogP contribution in [0.15, 0.2) is 48.8 Å². The Hall–Kier alpha value is -3.02. The van der Waals surface area contributed by atoms with Crippen molar-refractivity contribution in [3.8, 4) is 0 Å². The molecule has 0 amide bonds. The summed E-state index contributed by atoms with van der Waals surface area (Å²) in [4.78, 5) is 14.6. The van der Waals surface area contributed by atoms with Gasteiger partial charge in [-0.2, -0.15) is 10.2 Å². The van der Waals surface area contributed by atoms with E-state index in [0.29, 0.717) is 6.54 Å². The number of rotatable bonds is 4. The molecule has 0 radical (unpaired) electrons. The standard InChI is InChI=1S/C15H12N4O2/c20-15(21)13-6-5-10(7-16-13)8-17-14-9-18-19-12-4-2-1-3-11(12)14/h1-7,9H,8H2,(H,17,19)(H,20,21). The summed E-state index contributed by atoms with van der Waals surface area (Å²) in [6, 6.07) is 10.9. The van der Waals surface area contributed by atoms with Crippen LogP contribution < -0.4 is 5.32 Å². The molecule has 0 saturated carbocycles. The van der Waals surface area contributed by atoms with E-state index < -0.39 is 5.97 Å². The summed E-state index contributed by atoms with van der Waals surface area (Å²) in [5.74, 6) is -1.03. The van der Waals surface area contributed by atoms with Crippen LogP contribution >= 0.6 is 0 Å². The number of nitrogens with one attached hydrogen (secondary N) is 1. The number of benzene rings is 1. The average molecular weight is 280 g/mol. The maximum Gasteiger partial charge on any atom is 0.354 e. The van der Waals surface area contributed by atoms with Crippen LogP contribution in [0.1, 0.15) is 16.1 Å². The van der Waals surface area contributed by atoms with Crippen molar-refractivity contribution < 1.29 is 9.90 Å². The van der Waals surface area contributed by atoms with Gasteiger partial charge in [0.05, 0.1) is 17.4 Å². The normalized spacial score (nSPS) is 10.5. The van der Waals surface area contributed by atoms with E-state index in [-0.39, 0.29) is 5.69 Å². The van der Waals surface area contributed by atoms with E-state index in [0.717, 1.165) is 22.2 Å². The average Bonchev–Trinajstić information content (AvgIpc) is 2.53. The van der Waals surface area contributed by atoms with E-state index in [1.54, 1.807) is 18.5 Å². The van der Waals surface area contributed by atoms with E-state index in [2.05, 4.69) is 20.5 Å². The van der Waals surface area contributed by atoms with Crippen molar-refractivity contribution in [1.29, 1.82) is 0 Å². The number of fused-ring (bicyclic) bond motifs is 1. The Kier molecular flexibility index (Phi) is 3.42. The summed E-state index contributed by atoms with van der Waals surface area (Å²) in [6.07, 6.45) is 3.22. The zero-order valence-electron chi connectivity index (χ0n) is 11.0. The number of hydrogen-bond acceptors (Lipinski definition) is 5. The second-order valence-corrected chi connectivity index (χ2v) is 4.49. The Morgan fingerprint density at radius 3 is 2.76 bits per heavy atom. The van der Waals surface area contributed by atoms with Crippen LogP contribution in [0.4, 0.5) is 5.69 Å². The Labute approximate surface area is 120 Å². The first kappa shape index (κ1) is 13.0. The predicted molar refractivity (Wildman–Crippen MR) is 78.1 cm³/mol. The molecule has 0 aliphatic rings. The van der Waals surface area contributed by atoms with Crippen LogP contribution in [0.3, 0.4) is 0 Å². The molecule has 2 aromatic heterocycles. The number of nitrogens with zero attached hydrogens (tertiary/aromatic N) is 3. The third kappa shape index (κ3) is 2.79. The van der Waals surface area contributed by atoms with E-state index in [4.69, 9.17) is 5.11 Å². The molecule has 2 N–H and O–H groups in total. The minimum atomic E-state index is -1.03. The van der Waals surface area contributed by atoms with E-state index in [1.165, 1.54) is 6.07 Å². The molecule has 0 spiro atoms. The summed E-state index contributed by atoms with van der Waals surface area (Å²) < 4.78 is 0. The fourth-order valence-corrected chi connectivity index (χ4v) is 2.00. The van der Waals surface area contributed by atoms with Gasteiger partial charge in [0.1, 0.15) is 5.69 Å². The van der Waals surface area contributed by atoms with E-state index in [1.807, 2.05) is 24.3 Å². The molecule has 3 rings (SSSR count). The molecule has 0 unspecified atom stereocenters. The van der Waals surface area contributed by atoms with Crippen LogP contribution in [-0.2, 0) is 6.54 Å². The molecule has 6 nitrogen and oxygen atoms in total. The summed E-state index contributed by atoms with van der Waals surface area (Å²) in [7, 11) is 0. The molecule has 0 saturated heterocycles. The number of carboxylic acid groups (broad SMARTS) is 1. The second kappa shape index (κ2) is 5.54. The van der Waals surface area contributed by atoms with Crippen molar-refractivity contribution in [2.75, 3.05) is 5.32 Å². The lowest BCUT2D eigenvalue weighted by atomic mass is 10.2. The van der Waals surface area contributed by atoms with Crippen molar-refractivity contribution in [3.63, 3.8) is 0 Å². The summed E-state index contributed by atoms with van der Waals surface area (Å²) >= 11 is 0. The smallest absolute Gasteiger partial charge is 0.354 e. The predicted octanol–water partition coefficient (Wildman–Crippen LogP) is 2.34. The van der Waals surface area contributed by atoms with Crippen LogP contribution in [0.2, 0.25) is 0 Å². The number of aromatic nitrogens is 3. The van der Waals surface area contributed by atoms with Crippen molar-refractivity contribution >= 4 is 22.6 Å². The van der Waals surface area contributed by atoms with Gasteiger partial charge < -0.3 is 10.4 Å². The number of anilines is 1. The lowest BCUT2D eigenvalue weighted by Gasteiger charge is -2.08. The Balaban J connectivity index is 1.79. The van der Waals surface area contributed by atoms with Crippen LogP contribution in [0.25, 0.3) is 10.9 Å². The SMILES string of the molecule is O=C(O)c1ccc(CNc2cnnc3ccccc23)cn1. The van der Waals surface area contributed by atoms with Gasteiger partial charge in [0.25, 0.3) is 0 Å². The van der Waals surface area contributed by atoms with Gasteiger partial charge >= 0.3 is 5.97 Å². The molecule has 21 heavy (non-hydrogen) atoms. The molecular weight excluding hydrogens is 268 g/mol. The highest BCUT2D eigenvalue weighted by Gasteiger charge is 2.05. The fourth-order valence-electron chi connectivity index (χ4n) is 2.00. The monoisotopic (exact) mass is 280 g/mol. The summed E-state index contributed by atoms with van der Waals surface area (Å²) in [6.45, 7) is 0.530. The number of carboxylic acids is 1. The molecule has 6 heteroatoms. The van der Waals surface area contributed by atoms with Crippen molar-refractivity contribution in [2.45, 2.75) is 6.54 Å². The van der Waals surface area contributed by atoms with Gasteiger partial charge in [-0.25, -0.2) is 9.78 Å². The minimum Gasteiger partial charge on any atom is -0.477 e. The maximum atomic E-state index is 10.7. The Bertz CT molecular complexity index is 782. The number of aromatic carboxylic acids is 1. The van der Waals surface area contributed by atoms with Gasteiger partial charge in [0.2, 0.25) is 0 Å². The molecule has 3 aromatic rings. The molecule has 0 aliphatic carbocycles. The van der Waals surface area contributed by atoms with Gasteiger partial charge in [-0.3, -0.25) is 0 Å². The van der Waals surface area contributed by atoms with Gasteiger partial charge in [0, 0.05) is 18.1 Å². The molecule has 0 fully saturated rings. The minimum absolute atomic E-state index is 0.0368. The molecule has 0 bridgehead atoms. The molecule has 0 atom stereocenters. The number of hydrogen-bond donors (Lipinski definition) is 2. The third-order valence-corrected chi connectivity index (χ3v) is 3.07. The van der Waals surface area contributed by atoms with Crippen molar-refractivity contribution in [3.05, 3.63) is 60.0 Å². The highest BCUT2D eigenvalue weighted by Crippen LogP contribution is 2.20. The first-order valence-corrected chi connectivity index (χ1v) is 6.36. The van der Waals surface area contributed by atoms with Gasteiger partial charge in [-0.05, 0) is 17.7 Å². The first-order valence-electron chi connectivity index (χ1n) is 6.36. The lowest BCUT2D eigenvalue weighted by molar-refractivity contribution is 0.0690. The highest BCUT2D eigenvalue weighted by molar-refractivity contribution is 5.90. The fraction of sp³-hybridized carbons (Fsp3) is 0.0667. The highest BCUT2D eigenvalue weighted by atomic mass is 16.4. The van der Waals surface area contributed by atoms with Crippen LogP contribution in [0.5, 0.6) is 0 Å². The third-order valence-electron chi connectivity index (χ3n) is 3.07. The molecule has 0 aliphatic heterocycles. The van der Waals surface area contributed by atoms with Gasteiger partial charge in [-0.1, -0.05) is 24.3 Å². The molecule has 2 heterocycles. The summed E-state index contributed by atoms with van der Waals surface area (Å²) in [5.41, 5.74) is 2.63. The molecule has 104 valence electrons. The molecule has 1 aromatic carbocycles. The quantitative estimate of drug-likeness (QED) is 0.762. The largest absolute Gasteiger partial charge is 0.477 e. The topological polar surface area (TPSA) is 88.0 Å².